The Hall–Kier alpha value is -0.410. The smallest absolute Gasteiger partial charge is 0.227 e. The molecule has 3 rings (SSSR count). The second-order valence-electron chi connectivity index (χ2n) is 7.64. The summed E-state index contributed by atoms with van der Waals surface area (Å²) in [5.41, 5.74) is -0.328. The van der Waals surface area contributed by atoms with Gasteiger partial charge in [-0.3, -0.25) is 4.79 Å². The number of ether oxygens (including phenoxy) is 1. The maximum atomic E-state index is 12.7. The van der Waals surface area contributed by atoms with Gasteiger partial charge in [-0.1, -0.05) is 12.8 Å². The molecule has 2 saturated heterocycles. The molecule has 0 aromatic heterocycles. The van der Waals surface area contributed by atoms with Gasteiger partial charge in [-0.05, 0) is 44.6 Å². The number of amides is 1. The largest absolute Gasteiger partial charge is 0.377 e. The Morgan fingerprint density at radius 3 is 2.77 bits per heavy atom. The highest BCUT2D eigenvalue weighted by atomic mass is 35.5. The van der Waals surface area contributed by atoms with Gasteiger partial charge in [0.25, 0.3) is 0 Å². The number of carbonyl (C=O) groups is 1. The number of hydrogen-bond donors (Lipinski definition) is 3. The SMILES string of the molecule is Cl.O=C(NCCS(=O)(=O)NCC1CCCCO1)[C@@]12CCCC[C@H]1CNC2. The zero-order valence-corrected chi connectivity index (χ0v) is 16.9. The van der Waals surface area contributed by atoms with Crippen molar-refractivity contribution < 1.29 is 17.9 Å². The van der Waals surface area contributed by atoms with Gasteiger partial charge in [0.05, 0.1) is 17.3 Å². The lowest BCUT2D eigenvalue weighted by atomic mass is 9.67. The zero-order chi connectivity index (χ0) is 17.8. The Balaban J connectivity index is 0.00000243. The van der Waals surface area contributed by atoms with E-state index >= 15 is 0 Å². The first kappa shape index (κ1) is 21.9. The predicted octanol–water partition coefficient (Wildman–Crippen LogP) is 0.793. The second kappa shape index (κ2) is 9.68. The van der Waals surface area contributed by atoms with E-state index in [4.69, 9.17) is 4.74 Å². The third-order valence-corrected chi connectivity index (χ3v) is 7.30. The molecule has 3 N–H and O–H groups in total. The van der Waals surface area contributed by atoms with Crippen LogP contribution in [0.2, 0.25) is 0 Å². The minimum atomic E-state index is -3.39. The molecule has 3 atom stereocenters. The van der Waals surface area contributed by atoms with Crippen molar-refractivity contribution in [2.24, 2.45) is 11.3 Å². The summed E-state index contributed by atoms with van der Waals surface area (Å²) < 4.78 is 32.4. The molecule has 2 heterocycles. The molecule has 1 amide bonds. The normalized spacial score (nSPS) is 31.7. The average Bonchev–Trinajstić information content (AvgIpc) is 3.06. The van der Waals surface area contributed by atoms with Crippen LogP contribution in [0.1, 0.15) is 44.9 Å². The van der Waals surface area contributed by atoms with Crippen LogP contribution >= 0.6 is 12.4 Å². The predicted molar refractivity (Wildman–Crippen MR) is 103 cm³/mol. The molecule has 7 nitrogen and oxygen atoms in total. The summed E-state index contributed by atoms with van der Waals surface area (Å²) in [4.78, 5) is 12.7. The number of rotatable bonds is 7. The van der Waals surface area contributed by atoms with Crippen molar-refractivity contribution in [3.8, 4) is 0 Å². The van der Waals surface area contributed by atoms with Crippen LogP contribution in [0.25, 0.3) is 0 Å². The van der Waals surface area contributed by atoms with Crippen molar-refractivity contribution in [1.82, 2.24) is 15.4 Å². The molecule has 3 fully saturated rings. The fourth-order valence-electron chi connectivity index (χ4n) is 4.43. The molecule has 0 aromatic rings. The van der Waals surface area contributed by atoms with Crippen LogP contribution in [0.15, 0.2) is 0 Å². The monoisotopic (exact) mass is 409 g/mol. The standard InChI is InChI=1S/C17H31N3O4S.ClH/c21-16(17-7-3-1-5-14(17)11-18-13-17)19-8-10-25(22,23)20-12-15-6-2-4-9-24-15;/h14-15,18,20H,1-13H2,(H,19,21);1H/t14-,15?,17+;/m0./s1. The van der Waals surface area contributed by atoms with Gasteiger partial charge in [0, 0.05) is 26.2 Å². The van der Waals surface area contributed by atoms with Crippen LogP contribution in [0, 0.1) is 11.3 Å². The fraction of sp³-hybridized carbons (Fsp3) is 0.941. The molecule has 0 radical (unpaired) electrons. The lowest BCUT2D eigenvalue weighted by molar-refractivity contribution is -0.133. The Labute approximate surface area is 162 Å². The molecule has 9 heteroatoms. The molecular weight excluding hydrogens is 378 g/mol. The van der Waals surface area contributed by atoms with Gasteiger partial charge in [0.1, 0.15) is 0 Å². The average molecular weight is 410 g/mol. The van der Waals surface area contributed by atoms with Crippen LogP contribution < -0.4 is 15.4 Å². The summed E-state index contributed by atoms with van der Waals surface area (Å²) in [5, 5.41) is 6.22. The number of carbonyl (C=O) groups excluding carboxylic acids is 1. The van der Waals surface area contributed by atoms with Gasteiger partial charge in [0.2, 0.25) is 15.9 Å². The maximum absolute atomic E-state index is 12.7. The van der Waals surface area contributed by atoms with Crippen LogP contribution in [-0.4, -0.2) is 59.0 Å². The van der Waals surface area contributed by atoms with E-state index in [0.717, 1.165) is 45.1 Å². The van der Waals surface area contributed by atoms with Crippen molar-refractivity contribution in [2.45, 2.75) is 51.0 Å². The lowest BCUT2D eigenvalue weighted by Gasteiger charge is -2.37. The molecule has 26 heavy (non-hydrogen) atoms. The molecule has 0 spiro atoms. The van der Waals surface area contributed by atoms with Crippen LogP contribution in [0.3, 0.4) is 0 Å². The number of hydrogen-bond acceptors (Lipinski definition) is 5. The number of fused-ring (bicyclic) bond motifs is 1. The summed E-state index contributed by atoms with van der Waals surface area (Å²) in [6.07, 6.45) is 7.25. The molecule has 0 aromatic carbocycles. The summed E-state index contributed by atoms with van der Waals surface area (Å²) in [7, 11) is -3.39. The first-order valence-corrected chi connectivity index (χ1v) is 11.2. The van der Waals surface area contributed by atoms with Gasteiger partial charge in [-0.25, -0.2) is 13.1 Å². The molecule has 1 aliphatic carbocycles. The van der Waals surface area contributed by atoms with E-state index in [1.165, 1.54) is 6.42 Å². The van der Waals surface area contributed by atoms with Gasteiger partial charge < -0.3 is 15.4 Å². The molecular formula is C17H32ClN3O4S. The van der Waals surface area contributed by atoms with Gasteiger partial charge >= 0.3 is 0 Å². The van der Waals surface area contributed by atoms with Crippen molar-refractivity contribution in [3.63, 3.8) is 0 Å². The third-order valence-electron chi connectivity index (χ3n) is 5.95. The fourth-order valence-corrected chi connectivity index (χ4v) is 5.38. The topological polar surface area (TPSA) is 96.5 Å². The summed E-state index contributed by atoms with van der Waals surface area (Å²) >= 11 is 0. The second-order valence-corrected chi connectivity index (χ2v) is 9.57. The zero-order valence-electron chi connectivity index (χ0n) is 15.3. The maximum Gasteiger partial charge on any atom is 0.227 e. The van der Waals surface area contributed by atoms with E-state index in [-0.39, 0.29) is 42.1 Å². The highest BCUT2D eigenvalue weighted by molar-refractivity contribution is 7.89. The Bertz CT molecular complexity index is 568. The van der Waals surface area contributed by atoms with Gasteiger partial charge in [-0.2, -0.15) is 0 Å². The Morgan fingerprint density at radius 2 is 2.00 bits per heavy atom. The van der Waals surface area contributed by atoms with Crippen LogP contribution in [-0.2, 0) is 19.6 Å². The summed E-state index contributed by atoms with van der Waals surface area (Å²) in [5.74, 6) is 0.326. The minimum Gasteiger partial charge on any atom is -0.377 e. The van der Waals surface area contributed by atoms with E-state index in [2.05, 4.69) is 15.4 Å². The van der Waals surface area contributed by atoms with Gasteiger partial charge in [0.15, 0.2) is 0 Å². The molecule has 1 saturated carbocycles. The van der Waals surface area contributed by atoms with Crippen molar-refractivity contribution in [1.29, 1.82) is 0 Å². The summed E-state index contributed by atoms with van der Waals surface area (Å²) in [6.45, 7) is 2.81. The number of nitrogens with one attached hydrogen (secondary N) is 3. The van der Waals surface area contributed by atoms with E-state index in [1.807, 2.05) is 0 Å². The number of sulfonamides is 1. The highest BCUT2D eigenvalue weighted by Gasteiger charge is 2.49. The lowest BCUT2D eigenvalue weighted by Crippen LogP contribution is -2.49. The highest BCUT2D eigenvalue weighted by Crippen LogP contribution is 2.43. The molecule has 2 aliphatic heterocycles. The van der Waals surface area contributed by atoms with Crippen molar-refractivity contribution in [3.05, 3.63) is 0 Å². The Kier molecular flexibility index (Phi) is 8.15. The molecule has 152 valence electrons. The Morgan fingerprint density at radius 1 is 1.19 bits per heavy atom. The molecule has 1 unspecified atom stereocenters. The first-order chi connectivity index (χ1) is 12.0. The van der Waals surface area contributed by atoms with Crippen molar-refractivity contribution >= 4 is 28.3 Å². The van der Waals surface area contributed by atoms with Crippen molar-refractivity contribution in [2.75, 3.05) is 38.5 Å². The van der Waals surface area contributed by atoms with E-state index < -0.39 is 10.0 Å². The summed E-state index contributed by atoms with van der Waals surface area (Å²) in [6, 6.07) is 0. The molecule has 3 aliphatic rings. The van der Waals surface area contributed by atoms with Crippen LogP contribution in [0.4, 0.5) is 0 Å². The minimum absolute atomic E-state index is 0. The van der Waals surface area contributed by atoms with E-state index in [1.54, 1.807) is 0 Å². The number of halogens is 1. The third kappa shape index (κ3) is 5.32. The van der Waals surface area contributed by atoms with Gasteiger partial charge in [-0.15, -0.1) is 12.4 Å². The molecule has 0 bridgehead atoms. The van der Waals surface area contributed by atoms with Crippen LogP contribution in [0.5, 0.6) is 0 Å². The van der Waals surface area contributed by atoms with E-state index in [9.17, 15) is 13.2 Å². The first-order valence-electron chi connectivity index (χ1n) is 9.60. The van der Waals surface area contributed by atoms with E-state index in [0.29, 0.717) is 25.6 Å². The quantitative estimate of drug-likeness (QED) is 0.577.